The molecule has 0 aromatic heterocycles. The smallest absolute Gasteiger partial charge is 0.310 e. The molecule has 82 heavy (non-hydrogen) atoms. The fourth-order valence-electron chi connectivity index (χ4n) is 10.4. The van der Waals surface area contributed by atoms with Crippen LogP contribution in [0.2, 0.25) is 0 Å². The summed E-state index contributed by atoms with van der Waals surface area (Å²) in [5, 5.41) is 0. The van der Waals surface area contributed by atoms with E-state index in [0.29, 0.717) is 38.2 Å². The van der Waals surface area contributed by atoms with Gasteiger partial charge in [-0.15, -0.1) is 0 Å². The summed E-state index contributed by atoms with van der Waals surface area (Å²) < 4.78 is 82.5. The van der Waals surface area contributed by atoms with Crippen molar-refractivity contribution in [3.8, 4) is 0 Å². The average molecular weight is 1170 g/mol. The van der Waals surface area contributed by atoms with E-state index in [1.807, 2.05) is 190 Å². The van der Waals surface area contributed by atoms with Crippen molar-refractivity contribution in [1.29, 1.82) is 0 Å². The minimum atomic E-state index is -1.85. The third-order valence-electron chi connectivity index (χ3n) is 14.9. The van der Waals surface area contributed by atoms with Gasteiger partial charge in [0.15, 0.2) is 17.3 Å². The Hall–Kier alpha value is -7.05. The number of hydrogen-bond acceptors (Lipinski definition) is 6. The molecule has 8 aromatic carbocycles. The third-order valence-corrected chi connectivity index (χ3v) is 15.7. The maximum Gasteiger partial charge on any atom is 0.310 e. The largest absolute Gasteiger partial charge is 0.488 e. The molecule has 0 spiro atoms. The second-order valence-electron chi connectivity index (χ2n) is 20.7. The topological polar surface area (TPSA) is 55.4 Å². The quantitative estimate of drug-likeness (QED) is 0.0804. The highest BCUT2D eigenvalue weighted by atomic mass is 79.9. The second kappa shape index (κ2) is 32.0. The van der Waals surface area contributed by atoms with Gasteiger partial charge in [-0.25, -0.2) is 4.39 Å². The summed E-state index contributed by atoms with van der Waals surface area (Å²) in [4.78, 5) is 0. The molecule has 0 N–H and O–H groups in total. The lowest BCUT2D eigenvalue weighted by Gasteiger charge is -2.42. The summed E-state index contributed by atoms with van der Waals surface area (Å²) in [6.07, 6.45) is -1.99. The van der Waals surface area contributed by atoms with Gasteiger partial charge in [0, 0.05) is 21.9 Å². The number of ether oxygens (including phenoxy) is 6. The first-order chi connectivity index (χ1) is 40.1. The van der Waals surface area contributed by atoms with Crippen molar-refractivity contribution in [2.75, 3.05) is 0 Å². The van der Waals surface area contributed by atoms with Gasteiger partial charge in [0.1, 0.15) is 24.4 Å². The fraction of sp³-hybridized carbons (Fsp3) is 0.278. The molecule has 8 aromatic rings. The second-order valence-corrected chi connectivity index (χ2v) is 21.5. The van der Waals surface area contributed by atoms with Gasteiger partial charge in [-0.1, -0.05) is 268 Å². The molecule has 2 aliphatic rings. The molecular weight excluding hydrogens is 1100 g/mol. The monoisotopic (exact) mass is 1170 g/mol. The van der Waals surface area contributed by atoms with E-state index in [9.17, 15) is 8.78 Å². The highest BCUT2D eigenvalue weighted by molar-refractivity contribution is 9.10. The first kappa shape index (κ1) is 61.0. The van der Waals surface area contributed by atoms with Crippen LogP contribution in [0.5, 0.6) is 0 Å². The van der Waals surface area contributed by atoms with E-state index in [0.717, 1.165) is 46.2 Å². The van der Waals surface area contributed by atoms with Crippen LogP contribution in [-0.2, 0) is 67.7 Å². The Kier molecular flexibility index (Phi) is 23.8. The summed E-state index contributed by atoms with van der Waals surface area (Å²) in [6, 6.07) is 75.8. The Labute approximate surface area is 491 Å². The lowest BCUT2D eigenvalue weighted by molar-refractivity contribution is -0.170. The van der Waals surface area contributed by atoms with E-state index in [1.165, 1.54) is 15.6 Å². The summed E-state index contributed by atoms with van der Waals surface area (Å²) in [5.74, 6) is -0.648. The Morgan fingerprint density at radius 3 is 1.10 bits per heavy atom. The minimum absolute atomic E-state index is 0.00518. The van der Waals surface area contributed by atoms with Gasteiger partial charge >= 0.3 is 6.08 Å². The molecule has 0 saturated carbocycles. The van der Waals surface area contributed by atoms with Gasteiger partial charge in [-0.2, -0.15) is 8.78 Å². The molecule has 0 bridgehead atoms. The lowest BCUT2D eigenvalue weighted by Crippen LogP contribution is -2.49. The molecule has 2 aliphatic heterocycles. The molecule has 8 atom stereocenters. The molecule has 10 rings (SSSR count). The zero-order chi connectivity index (χ0) is 57.5. The first-order valence-corrected chi connectivity index (χ1v) is 29.2. The van der Waals surface area contributed by atoms with Crippen LogP contribution in [-0.4, -0.2) is 36.6 Å². The molecular formula is C72H74BrF3O6. The molecule has 2 saturated heterocycles. The van der Waals surface area contributed by atoms with E-state index in [-0.39, 0.29) is 48.3 Å². The predicted molar refractivity (Wildman–Crippen MR) is 325 cm³/mol. The van der Waals surface area contributed by atoms with Crippen molar-refractivity contribution >= 4 is 21.8 Å². The van der Waals surface area contributed by atoms with Gasteiger partial charge < -0.3 is 28.4 Å². The summed E-state index contributed by atoms with van der Waals surface area (Å²) in [7, 11) is 0. The number of rotatable bonds is 19. The Morgan fingerprint density at radius 2 is 0.707 bits per heavy atom. The van der Waals surface area contributed by atoms with Crippen LogP contribution in [0.4, 0.5) is 13.2 Å². The van der Waals surface area contributed by atoms with E-state index < -0.39 is 30.2 Å². The van der Waals surface area contributed by atoms with Crippen LogP contribution < -0.4 is 0 Å². The third kappa shape index (κ3) is 17.5. The van der Waals surface area contributed by atoms with Gasteiger partial charge in [0.05, 0.1) is 38.6 Å². The highest BCUT2D eigenvalue weighted by Gasteiger charge is 2.46. The SMILES string of the molecule is Brc1ccccc1Cc1ccccc1.CC[C@H]1OC(=C(F)F)[C@H](OCc2ccccc2)[C@@H](OCc2ccccc2)[C@@H]1C.CC[C@H]1OC(=C(F)c2ccccc2Cc2ccccc2)[C@H](OCc2ccccc2)[C@@H](OCc2ccccc2)[C@@H]1C. The molecule has 2 fully saturated rings. The van der Waals surface area contributed by atoms with Crippen molar-refractivity contribution in [3.05, 3.63) is 303 Å². The predicted octanol–water partition coefficient (Wildman–Crippen LogP) is 18.3. The van der Waals surface area contributed by atoms with Crippen LogP contribution in [0.1, 0.15) is 90.6 Å². The normalized spacial score (nSPS) is 20.9. The number of benzene rings is 8. The maximum absolute atomic E-state index is 16.8. The average Bonchev–Trinajstić information content (AvgIpc) is 3.60. The van der Waals surface area contributed by atoms with Gasteiger partial charge in [0.2, 0.25) is 0 Å². The van der Waals surface area contributed by atoms with Crippen molar-refractivity contribution in [2.24, 2.45) is 11.8 Å². The van der Waals surface area contributed by atoms with Crippen LogP contribution in [0.25, 0.3) is 5.83 Å². The van der Waals surface area contributed by atoms with Gasteiger partial charge in [-0.3, -0.25) is 0 Å². The van der Waals surface area contributed by atoms with E-state index in [1.54, 1.807) is 0 Å². The summed E-state index contributed by atoms with van der Waals surface area (Å²) in [6.45, 7) is 9.35. The first-order valence-electron chi connectivity index (χ1n) is 28.4. The highest BCUT2D eigenvalue weighted by Crippen LogP contribution is 2.41. The van der Waals surface area contributed by atoms with Crippen LogP contribution in [0.3, 0.4) is 0 Å². The Morgan fingerprint density at radius 1 is 0.390 bits per heavy atom. The fourth-order valence-corrected chi connectivity index (χ4v) is 10.8. The summed E-state index contributed by atoms with van der Waals surface area (Å²) >= 11 is 3.55. The molecule has 0 amide bonds. The van der Waals surface area contributed by atoms with Crippen LogP contribution in [0, 0.1) is 11.8 Å². The van der Waals surface area contributed by atoms with Crippen molar-refractivity contribution in [2.45, 2.75) is 116 Å². The van der Waals surface area contributed by atoms with Gasteiger partial charge in [0.25, 0.3) is 0 Å². The summed E-state index contributed by atoms with van der Waals surface area (Å²) in [5.41, 5.74) is 9.21. The molecule has 6 nitrogen and oxygen atoms in total. The van der Waals surface area contributed by atoms with Crippen LogP contribution >= 0.6 is 15.9 Å². The Balaban J connectivity index is 0.000000180. The minimum Gasteiger partial charge on any atom is -0.488 e. The van der Waals surface area contributed by atoms with Gasteiger partial charge in [-0.05, 0) is 76.3 Å². The molecule has 426 valence electrons. The zero-order valence-electron chi connectivity index (χ0n) is 47.2. The maximum atomic E-state index is 16.8. The number of hydrogen-bond donors (Lipinski definition) is 0. The zero-order valence-corrected chi connectivity index (χ0v) is 48.8. The van der Waals surface area contributed by atoms with E-state index >= 15 is 4.39 Å². The molecule has 2 heterocycles. The van der Waals surface area contributed by atoms with E-state index in [4.69, 9.17) is 28.4 Å². The van der Waals surface area contributed by atoms with Crippen molar-refractivity contribution < 1.29 is 41.6 Å². The molecule has 0 aliphatic carbocycles. The lowest BCUT2D eigenvalue weighted by atomic mass is 9.87. The standard InChI is InChI=1S/C36H37FO3.C23H26F2O3.C13H11Br/c1-3-32-26(2)34(38-24-28-17-9-5-10-18-28)36(39-25-29-19-11-6-12-20-29)35(40-32)33(37)31-22-14-13-21-30(31)23-27-15-7-4-8-16-27;1-3-19-16(2)20(26-14-17-10-6-4-7-11-17)21(22(28-19)23(24)25)27-15-18-12-8-5-9-13-18;14-13-9-5-4-8-12(13)10-11-6-2-1-3-7-11/h4-22,26,32,34,36H,3,23-25H2,1-2H3;4-13,16,19-21H,3,14-15H2,1-2H3;1-9H,10H2/t26-,32-,34+,36-;16-,19-,20+,21-;/m11./s1. The van der Waals surface area contributed by atoms with E-state index in [2.05, 4.69) is 84.4 Å². The molecule has 10 heteroatoms. The Bertz CT molecular complexity index is 3180. The number of halogens is 4. The molecule has 0 radical (unpaired) electrons. The van der Waals surface area contributed by atoms with Crippen LogP contribution in [0.15, 0.2) is 253 Å². The van der Waals surface area contributed by atoms with Crippen molar-refractivity contribution in [1.82, 2.24) is 0 Å². The van der Waals surface area contributed by atoms with Crippen molar-refractivity contribution in [3.63, 3.8) is 0 Å². The molecule has 0 unspecified atom stereocenters.